The molecule has 0 aliphatic carbocycles. The molecule has 0 aliphatic heterocycles. The van der Waals surface area contributed by atoms with Crippen LogP contribution in [0.5, 0.6) is 0 Å². The maximum atomic E-state index is 6.12. The van der Waals surface area contributed by atoms with Crippen LogP contribution < -0.4 is 10.6 Å². The SMILES string of the molecule is Cc1ccc(Nc2cc(NCc3ccco3)ncn2)cc1Cl. The van der Waals surface area contributed by atoms with E-state index < -0.39 is 0 Å². The lowest BCUT2D eigenvalue weighted by molar-refractivity contribution is 0.518. The van der Waals surface area contributed by atoms with Crippen LogP contribution >= 0.6 is 11.6 Å². The Balaban J connectivity index is 1.69. The summed E-state index contributed by atoms with van der Waals surface area (Å²) < 4.78 is 5.27. The van der Waals surface area contributed by atoms with E-state index in [4.69, 9.17) is 16.0 Å². The zero-order valence-electron chi connectivity index (χ0n) is 12.0. The van der Waals surface area contributed by atoms with Crippen LogP contribution in [0.1, 0.15) is 11.3 Å². The number of furan rings is 1. The molecule has 3 rings (SSSR count). The summed E-state index contributed by atoms with van der Waals surface area (Å²) in [4.78, 5) is 8.39. The lowest BCUT2D eigenvalue weighted by atomic mass is 10.2. The van der Waals surface area contributed by atoms with E-state index in [9.17, 15) is 0 Å². The number of aryl methyl sites for hydroxylation is 1. The van der Waals surface area contributed by atoms with Gasteiger partial charge in [-0.1, -0.05) is 17.7 Å². The second kappa shape index (κ2) is 6.49. The third kappa shape index (κ3) is 3.56. The molecular formula is C16H15ClN4O. The van der Waals surface area contributed by atoms with Crippen LogP contribution in [0.4, 0.5) is 17.3 Å². The summed E-state index contributed by atoms with van der Waals surface area (Å²) in [6.45, 7) is 2.53. The summed E-state index contributed by atoms with van der Waals surface area (Å²) >= 11 is 6.12. The molecule has 2 aromatic heterocycles. The predicted octanol–water partition coefficient (Wildman–Crippen LogP) is 4.39. The van der Waals surface area contributed by atoms with E-state index in [-0.39, 0.29) is 0 Å². The number of nitrogens with one attached hydrogen (secondary N) is 2. The van der Waals surface area contributed by atoms with Crippen molar-refractivity contribution < 1.29 is 4.42 Å². The standard InChI is InChI=1S/C16H15ClN4O/c1-11-4-5-12(7-14(11)17)21-16-8-15(19-10-20-16)18-9-13-3-2-6-22-13/h2-8,10H,9H2,1H3,(H2,18,19,20,21). The zero-order chi connectivity index (χ0) is 15.4. The fourth-order valence-electron chi connectivity index (χ4n) is 1.93. The van der Waals surface area contributed by atoms with Gasteiger partial charge in [0, 0.05) is 16.8 Å². The molecule has 0 unspecified atom stereocenters. The molecule has 0 radical (unpaired) electrons. The average molecular weight is 315 g/mol. The van der Waals surface area contributed by atoms with Gasteiger partial charge in [0.15, 0.2) is 0 Å². The Morgan fingerprint density at radius 1 is 1.14 bits per heavy atom. The predicted molar refractivity (Wildman–Crippen MR) is 87.5 cm³/mol. The first kappa shape index (κ1) is 14.4. The molecule has 3 aromatic rings. The summed E-state index contributed by atoms with van der Waals surface area (Å²) in [5, 5.41) is 7.11. The first-order valence-corrected chi connectivity index (χ1v) is 7.20. The molecule has 22 heavy (non-hydrogen) atoms. The van der Waals surface area contributed by atoms with E-state index in [0.717, 1.165) is 22.0 Å². The molecule has 0 amide bonds. The number of hydrogen-bond acceptors (Lipinski definition) is 5. The van der Waals surface area contributed by atoms with Crippen LogP contribution in [-0.2, 0) is 6.54 Å². The van der Waals surface area contributed by atoms with Gasteiger partial charge in [-0.2, -0.15) is 0 Å². The highest BCUT2D eigenvalue weighted by molar-refractivity contribution is 6.31. The molecule has 112 valence electrons. The Bertz CT molecular complexity index is 759. The average Bonchev–Trinajstić information content (AvgIpc) is 3.03. The molecule has 2 heterocycles. The first-order chi connectivity index (χ1) is 10.7. The second-order valence-corrected chi connectivity index (χ2v) is 5.22. The minimum absolute atomic E-state index is 0.569. The molecule has 0 bridgehead atoms. The Morgan fingerprint density at radius 2 is 2.00 bits per heavy atom. The summed E-state index contributed by atoms with van der Waals surface area (Å²) in [5.41, 5.74) is 1.92. The van der Waals surface area contributed by atoms with Crippen molar-refractivity contribution in [2.75, 3.05) is 10.6 Å². The van der Waals surface area contributed by atoms with Crippen LogP contribution in [0.3, 0.4) is 0 Å². The van der Waals surface area contributed by atoms with E-state index in [1.54, 1.807) is 6.26 Å². The van der Waals surface area contributed by atoms with Gasteiger partial charge in [0.05, 0.1) is 12.8 Å². The van der Waals surface area contributed by atoms with Gasteiger partial charge in [-0.15, -0.1) is 0 Å². The Hall–Kier alpha value is -2.53. The summed E-state index contributed by atoms with van der Waals surface area (Å²) in [6, 6.07) is 11.4. The number of anilines is 3. The van der Waals surface area contributed by atoms with Crippen molar-refractivity contribution in [1.82, 2.24) is 9.97 Å². The number of aromatic nitrogens is 2. The summed E-state index contributed by atoms with van der Waals surface area (Å²) in [6.07, 6.45) is 3.15. The third-order valence-corrected chi connectivity index (χ3v) is 3.54. The number of benzene rings is 1. The molecule has 5 nitrogen and oxygen atoms in total. The molecule has 1 aromatic carbocycles. The minimum Gasteiger partial charge on any atom is -0.467 e. The number of hydrogen-bond donors (Lipinski definition) is 2. The highest BCUT2D eigenvalue weighted by atomic mass is 35.5. The van der Waals surface area contributed by atoms with Crippen LogP contribution in [0, 0.1) is 6.92 Å². The van der Waals surface area contributed by atoms with Gasteiger partial charge < -0.3 is 15.1 Å². The van der Waals surface area contributed by atoms with Crippen molar-refractivity contribution >= 4 is 28.9 Å². The molecule has 0 fully saturated rings. The van der Waals surface area contributed by atoms with Crippen LogP contribution in [-0.4, -0.2) is 9.97 Å². The van der Waals surface area contributed by atoms with Crippen molar-refractivity contribution in [3.8, 4) is 0 Å². The van der Waals surface area contributed by atoms with Crippen molar-refractivity contribution in [2.45, 2.75) is 13.5 Å². The number of rotatable bonds is 5. The van der Waals surface area contributed by atoms with E-state index in [0.29, 0.717) is 18.2 Å². The number of halogens is 1. The Morgan fingerprint density at radius 3 is 2.77 bits per heavy atom. The summed E-state index contributed by atoms with van der Waals surface area (Å²) in [7, 11) is 0. The molecule has 0 saturated carbocycles. The van der Waals surface area contributed by atoms with E-state index in [1.807, 2.05) is 43.3 Å². The van der Waals surface area contributed by atoms with Gasteiger partial charge in [-0.05, 0) is 36.8 Å². The van der Waals surface area contributed by atoms with Crippen LogP contribution in [0.25, 0.3) is 0 Å². The molecular weight excluding hydrogens is 300 g/mol. The lowest BCUT2D eigenvalue weighted by Gasteiger charge is -2.09. The topological polar surface area (TPSA) is 63.0 Å². The Kier molecular flexibility index (Phi) is 4.25. The van der Waals surface area contributed by atoms with Crippen molar-refractivity contribution in [3.05, 3.63) is 65.3 Å². The van der Waals surface area contributed by atoms with Crippen molar-refractivity contribution in [2.24, 2.45) is 0 Å². The maximum Gasteiger partial charge on any atom is 0.135 e. The molecule has 6 heteroatoms. The fourth-order valence-corrected chi connectivity index (χ4v) is 2.11. The monoisotopic (exact) mass is 314 g/mol. The molecule has 0 saturated heterocycles. The van der Waals surface area contributed by atoms with Gasteiger partial charge in [0.25, 0.3) is 0 Å². The van der Waals surface area contributed by atoms with Gasteiger partial charge in [0.2, 0.25) is 0 Å². The Labute approximate surface area is 133 Å². The lowest BCUT2D eigenvalue weighted by Crippen LogP contribution is -2.02. The van der Waals surface area contributed by atoms with E-state index >= 15 is 0 Å². The molecule has 0 spiro atoms. The molecule has 2 N–H and O–H groups in total. The minimum atomic E-state index is 0.569. The quantitative estimate of drug-likeness (QED) is 0.731. The van der Waals surface area contributed by atoms with Gasteiger partial charge in [0.1, 0.15) is 23.7 Å². The number of nitrogens with zero attached hydrogens (tertiary/aromatic N) is 2. The van der Waals surface area contributed by atoms with Crippen molar-refractivity contribution in [3.63, 3.8) is 0 Å². The van der Waals surface area contributed by atoms with Crippen molar-refractivity contribution in [1.29, 1.82) is 0 Å². The second-order valence-electron chi connectivity index (χ2n) is 4.81. The van der Waals surface area contributed by atoms with Gasteiger partial charge >= 0.3 is 0 Å². The normalized spacial score (nSPS) is 10.5. The fraction of sp³-hybridized carbons (Fsp3) is 0.125. The van der Waals surface area contributed by atoms with Gasteiger partial charge in [-0.3, -0.25) is 0 Å². The molecule has 0 atom stereocenters. The highest BCUT2D eigenvalue weighted by Gasteiger charge is 2.02. The smallest absolute Gasteiger partial charge is 0.135 e. The van der Waals surface area contributed by atoms with Crippen LogP contribution in [0.2, 0.25) is 5.02 Å². The zero-order valence-corrected chi connectivity index (χ0v) is 12.8. The largest absolute Gasteiger partial charge is 0.467 e. The first-order valence-electron chi connectivity index (χ1n) is 6.82. The summed E-state index contributed by atoms with van der Waals surface area (Å²) in [5.74, 6) is 2.25. The highest BCUT2D eigenvalue weighted by Crippen LogP contribution is 2.23. The maximum absolute atomic E-state index is 6.12. The molecule has 0 aliphatic rings. The van der Waals surface area contributed by atoms with E-state index in [2.05, 4.69) is 20.6 Å². The third-order valence-electron chi connectivity index (χ3n) is 3.14. The van der Waals surface area contributed by atoms with E-state index in [1.165, 1.54) is 6.33 Å². The van der Waals surface area contributed by atoms with Crippen LogP contribution in [0.15, 0.2) is 53.4 Å². The van der Waals surface area contributed by atoms with Gasteiger partial charge in [-0.25, -0.2) is 9.97 Å².